The summed E-state index contributed by atoms with van der Waals surface area (Å²) in [4.78, 5) is 5.05. The average molecular weight is 196 g/mol. The summed E-state index contributed by atoms with van der Waals surface area (Å²) in [5, 5.41) is 0.634. The number of halogens is 2. The minimum absolute atomic E-state index is 0.634. The van der Waals surface area contributed by atoms with Gasteiger partial charge in [0.15, 0.2) is 0 Å². The van der Waals surface area contributed by atoms with Crippen LogP contribution in [0.25, 0.3) is 0 Å². The van der Waals surface area contributed by atoms with Crippen LogP contribution in [0, 0.1) is 0 Å². The molecule has 0 saturated heterocycles. The van der Waals surface area contributed by atoms with Crippen LogP contribution in [-0.4, -0.2) is 10.9 Å². The molecule has 0 amide bonds. The highest BCUT2D eigenvalue weighted by atomic mass is 35.5. The van der Waals surface area contributed by atoms with Crippen molar-refractivity contribution in [3.63, 3.8) is 0 Å². The van der Waals surface area contributed by atoms with Crippen molar-refractivity contribution in [2.75, 3.05) is 5.88 Å². The van der Waals surface area contributed by atoms with Crippen LogP contribution in [0.5, 0.6) is 0 Å². The van der Waals surface area contributed by atoms with Gasteiger partial charge < -0.3 is 0 Å². The van der Waals surface area contributed by atoms with E-state index >= 15 is 0 Å². The molecule has 1 rings (SSSR count). The SMILES string of the molecule is ClCCCc1scnc1Cl. The van der Waals surface area contributed by atoms with Gasteiger partial charge in [0.1, 0.15) is 5.15 Å². The Hall–Kier alpha value is 0.210. The van der Waals surface area contributed by atoms with Crippen molar-refractivity contribution in [3.05, 3.63) is 15.5 Å². The highest BCUT2D eigenvalue weighted by Crippen LogP contribution is 2.19. The number of nitrogens with zero attached hydrogens (tertiary/aromatic N) is 1. The van der Waals surface area contributed by atoms with Crippen LogP contribution in [0.4, 0.5) is 0 Å². The van der Waals surface area contributed by atoms with Crippen LogP contribution in [0.15, 0.2) is 5.51 Å². The Kier molecular flexibility index (Phi) is 3.46. The Bertz CT molecular complexity index is 199. The summed E-state index contributed by atoms with van der Waals surface area (Å²) < 4.78 is 0. The largest absolute Gasteiger partial charge is 0.233 e. The number of hydrogen-bond donors (Lipinski definition) is 0. The molecule has 0 unspecified atom stereocenters. The molecule has 1 nitrogen and oxygen atoms in total. The van der Waals surface area contributed by atoms with Crippen molar-refractivity contribution in [1.29, 1.82) is 0 Å². The highest BCUT2D eigenvalue weighted by Gasteiger charge is 2.00. The number of rotatable bonds is 3. The molecular weight excluding hydrogens is 189 g/mol. The summed E-state index contributed by atoms with van der Waals surface area (Å²) in [6.45, 7) is 0. The summed E-state index contributed by atoms with van der Waals surface area (Å²) in [5.74, 6) is 0.689. The topological polar surface area (TPSA) is 12.9 Å². The molecule has 56 valence electrons. The van der Waals surface area contributed by atoms with E-state index in [2.05, 4.69) is 4.98 Å². The van der Waals surface area contributed by atoms with E-state index in [9.17, 15) is 0 Å². The van der Waals surface area contributed by atoms with Crippen molar-refractivity contribution in [1.82, 2.24) is 4.98 Å². The van der Waals surface area contributed by atoms with Crippen molar-refractivity contribution in [3.8, 4) is 0 Å². The van der Waals surface area contributed by atoms with Gasteiger partial charge >= 0.3 is 0 Å². The molecule has 0 aromatic carbocycles. The van der Waals surface area contributed by atoms with E-state index in [4.69, 9.17) is 23.2 Å². The van der Waals surface area contributed by atoms with Gasteiger partial charge in [-0.1, -0.05) is 11.6 Å². The van der Waals surface area contributed by atoms with E-state index in [0.29, 0.717) is 11.0 Å². The zero-order valence-corrected chi connectivity index (χ0v) is 7.64. The maximum Gasteiger partial charge on any atom is 0.143 e. The predicted octanol–water partition coefficient (Wildman–Crippen LogP) is 2.97. The molecule has 0 atom stereocenters. The second-order valence-corrected chi connectivity index (χ2v) is 3.53. The lowest BCUT2D eigenvalue weighted by Gasteiger charge is -1.91. The first-order valence-electron chi connectivity index (χ1n) is 2.98. The molecule has 0 aliphatic rings. The number of hydrogen-bond acceptors (Lipinski definition) is 2. The van der Waals surface area contributed by atoms with Gasteiger partial charge in [-0.3, -0.25) is 0 Å². The molecule has 1 heterocycles. The van der Waals surface area contributed by atoms with Crippen molar-refractivity contribution in [2.45, 2.75) is 12.8 Å². The van der Waals surface area contributed by atoms with Crippen LogP contribution in [0.3, 0.4) is 0 Å². The Balaban J connectivity index is 2.49. The molecule has 0 saturated carbocycles. The van der Waals surface area contributed by atoms with Gasteiger partial charge in [-0.2, -0.15) is 0 Å². The normalized spacial score (nSPS) is 10.2. The van der Waals surface area contributed by atoms with E-state index in [1.54, 1.807) is 16.8 Å². The van der Waals surface area contributed by atoms with E-state index in [1.807, 2.05) is 0 Å². The smallest absolute Gasteiger partial charge is 0.143 e. The minimum atomic E-state index is 0.634. The van der Waals surface area contributed by atoms with Crippen molar-refractivity contribution in [2.24, 2.45) is 0 Å². The summed E-state index contributed by atoms with van der Waals surface area (Å²) >= 11 is 12.8. The van der Waals surface area contributed by atoms with Crippen LogP contribution in [0.2, 0.25) is 5.15 Å². The third kappa shape index (κ3) is 2.11. The monoisotopic (exact) mass is 195 g/mol. The standard InChI is InChI=1S/C6H7Cl2NS/c7-3-1-2-5-6(8)9-4-10-5/h4H,1-3H2. The molecule has 1 aromatic rings. The maximum absolute atomic E-state index is 5.73. The first-order chi connectivity index (χ1) is 4.84. The van der Waals surface area contributed by atoms with Gasteiger partial charge in [0.2, 0.25) is 0 Å². The number of aryl methyl sites for hydroxylation is 1. The molecule has 0 aliphatic heterocycles. The van der Waals surface area contributed by atoms with Gasteiger partial charge in [0.05, 0.1) is 5.51 Å². The van der Waals surface area contributed by atoms with Crippen molar-refractivity contribution >= 4 is 34.5 Å². The summed E-state index contributed by atoms with van der Waals surface area (Å²) in [6.07, 6.45) is 1.93. The second-order valence-electron chi connectivity index (χ2n) is 1.86. The summed E-state index contributed by atoms with van der Waals surface area (Å²) in [5.41, 5.74) is 1.76. The Morgan fingerprint density at radius 1 is 1.60 bits per heavy atom. The lowest BCUT2D eigenvalue weighted by atomic mass is 10.3. The predicted molar refractivity (Wildman–Crippen MR) is 46.2 cm³/mol. The average Bonchev–Trinajstić information content (AvgIpc) is 2.31. The summed E-state index contributed by atoms with van der Waals surface area (Å²) in [6, 6.07) is 0. The highest BCUT2D eigenvalue weighted by molar-refractivity contribution is 7.10. The lowest BCUT2D eigenvalue weighted by molar-refractivity contribution is 0.944. The molecule has 0 fully saturated rings. The fourth-order valence-corrected chi connectivity index (χ4v) is 1.81. The van der Waals surface area contributed by atoms with Gasteiger partial charge in [-0.05, 0) is 12.8 Å². The van der Waals surface area contributed by atoms with Crippen LogP contribution in [-0.2, 0) is 6.42 Å². The molecule has 4 heteroatoms. The minimum Gasteiger partial charge on any atom is -0.233 e. The Morgan fingerprint density at radius 2 is 2.40 bits per heavy atom. The number of thiazole rings is 1. The molecule has 10 heavy (non-hydrogen) atoms. The molecule has 0 aliphatic carbocycles. The van der Waals surface area contributed by atoms with Crippen LogP contribution >= 0.6 is 34.5 Å². The summed E-state index contributed by atoms with van der Waals surface area (Å²) in [7, 11) is 0. The van der Waals surface area contributed by atoms with Crippen molar-refractivity contribution < 1.29 is 0 Å². The molecule has 0 N–H and O–H groups in total. The third-order valence-corrected chi connectivity index (χ3v) is 2.73. The number of alkyl halides is 1. The van der Waals surface area contributed by atoms with Gasteiger partial charge in [0, 0.05) is 10.8 Å². The van der Waals surface area contributed by atoms with Gasteiger partial charge in [-0.25, -0.2) is 4.98 Å². The second kappa shape index (κ2) is 4.16. The fourth-order valence-electron chi connectivity index (χ4n) is 0.646. The van der Waals surface area contributed by atoms with Gasteiger partial charge in [0.25, 0.3) is 0 Å². The molecule has 0 radical (unpaired) electrons. The van der Waals surface area contributed by atoms with E-state index < -0.39 is 0 Å². The number of aromatic nitrogens is 1. The van der Waals surface area contributed by atoms with E-state index in [-0.39, 0.29) is 0 Å². The molecule has 0 spiro atoms. The van der Waals surface area contributed by atoms with E-state index in [0.717, 1.165) is 17.7 Å². The van der Waals surface area contributed by atoms with E-state index in [1.165, 1.54) is 0 Å². The fraction of sp³-hybridized carbons (Fsp3) is 0.500. The lowest BCUT2D eigenvalue weighted by Crippen LogP contribution is -1.82. The zero-order valence-electron chi connectivity index (χ0n) is 5.31. The van der Waals surface area contributed by atoms with Gasteiger partial charge in [-0.15, -0.1) is 22.9 Å². The quantitative estimate of drug-likeness (QED) is 0.677. The molecule has 0 bridgehead atoms. The molecule has 1 aromatic heterocycles. The third-order valence-electron chi connectivity index (χ3n) is 1.13. The first kappa shape index (κ1) is 8.31. The Labute approximate surface area is 74.0 Å². The first-order valence-corrected chi connectivity index (χ1v) is 4.77. The van der Waals surface area contributed by atoms with Crippen LogP contribution < -0.4 is 0 Å². The maximum atomic E-state index is 5.73. The molecular formula is C6H7Cl2NS. The zero-order chi connectivity index (χ0) is 7.40. The van der Waals surface area contributed by atoms with Crippen LogP contribution in [0.1, 0.15) is 11.3 Å². The Morgan fingerprint density at radius 3 is 2.90 bits per heavy atom.